The zero-order valence-electron chi connectivity index (χ0n) is 12.0. The highest BCUT2D eigenvalue weighted by Gasteiger charge is 2.22. The summed E-state index contributed by atoms with van der Waals surface area (Å²) in [5.74, 6) is -0.836. The Morgan fingerprint density at radius 1 is 1.29 bits per heavy atom. The van der Waals surface area contributed by atoms with Crippen LogP contribution in [0.2, 0.25) is 0 Å². The molecule has 0 radical (unpaired) electrons. The van der Waals surface area contributed by atoms with Crippen LogP contribution in [0.25, 0.3) is 0 Å². The molecule has 1 N–H and O–H groups in total. The van der Waals surface area contributed by atoms with Crippen LogP contribution in [0, 0.1) is 6.92 Å². The summed E-state index contributed by atoms with van der Waals surface area (Å²) in [4.78, 5) is 46.0. The van der Waals surface area contributed by atoms with Crippen LogP contribution in [0.1, 0.15) is 35.7 Å². The Balaban J connectivity index is 2.75. The lowest BCUT2D eigenvalue weighted by Crippen LogP contribution is -2.38. The maximum absolute atomic E-state index is 12.3. The first-order valence-corrected chi connectivity index (χ1v) is 6.57. The van der Waals surface area contributed by atoms with Crippen LogP contribution in [0.3, 0.4) is 0 Å². The zero-order chi connectivity index (χ0) is 15.8. The monoisotopic (exact) mass is 290 g/mol. The van der Waals surface area contributed by atoms with Gasteiger partial charge in [0, 0.05) is 18.0 Å². The molecule has 112 valence electrons. The Morgan fingerprint density at radius 3 is 2.52 bits per heavy atom. The van der Waals surface area contributed by atoms with Crippen molar-refractivity contribution in [2.45, 2.75) is 32.7 Å². The Hall–Kier alpha value is -2.50. The number of rotatable bonds is 7. The minimum Gasteiger partial charge on any atom is -0.299 e. The fourth-order valence-corrected chi connectivity index (χ4v) is 1.92. The first-order valence-electron chi connectivity index (χ1n) is 6.57. The number of hydrogen-bond acceptors (Lipinski definition) is 4. The molecular weight excluding hydrogens is 272 g/mol. The average molecular weight is 290 g/mol. The third-order valence-electron chi connectivity index (χ3n) is 3.21. The van der Waals surface area contributed by atoms with Crippen molar-refractivity contribution < 1.29 is 19.2 Å². The standard InChI is InChI=1S/C15H18N2O4/c1-11-5-3-4-6-13(11)15(21)17(10-19)12(2)7-8-14(20)16-9-18/h3-6,9-10,12H,7-8H2,1-2H3,(H,16,18,20). The molecule has 1 rings (SSSR count). The quantitative estimate of drug-likeness (QED) is 0.760. The van der Waals surface area contributed by atoms with Crippen molar-refractivity contribution in [2.24, 2.45) is 0 Å². The van der Waals surface area contributed by atoms with Crippen LogP contribution >= 0.6 is 0 Å². The lowest BCUT2D eigenvalue weighted by atomic mass is 10.1. The van der Waals surface area contributed by atoms with Gasteiger partial charge in [0.2, 0.25) is 18.7 Å². The normalized spacial score (nSPS) is 11.3. The summed E-state index contributed by atoms with van der Waals surface area (Å²) in [6.07, 6.45) is 1.13. The van der Waals surface area contributed by atoms with Crippen molar-refractivity contribution in [1.82, 2.24) is 10.2 Å². The molecule has 0 saturated carbocycles. The highest BCUT2D eigenvalue weighted by molar-refractivity contribution is 6.01. The van der Waals surface area contributed by atoms with E-state index in [0.717, 1.165) is 10.5 Å². The molecule has 1 aromatic rings. The van der Waals surface area contributed by atoms with E-state index in [9.17, 15) is 19.2 Å². The van der Waals surface area contributed by atoms with E-state index in [-0.39, 0.29) is 12.8 Å². The van der Waals surface area contributed by atoms with Crippen LogP contribution in [-0.4, -0.2) is 35.6 Å². The van der Waals surface area contributed by atoms with Crippen molar-refractivity contribution in [2.75, 3.05) is 0 Å². The largest absolute Gasteiger partial charge is 0.299 e. The zero-order valence-corrected chi connectivity index (χ0v) is 12.0. The molecule has 1 aromatic carbocycles. The van der Waals surface area contributed by atoms with Gasteiger partial charge in [-0.05, 0) is 31.9 Å². The van der Waals surface area contributed by atoms with Crippen LogP contribution in [-0.2, 0) is 14.4 Å². The second kappa shape index (κ2) is 7.94. The van der Waals surface area contributed by atoms with Crippen molar-refractivity contribution >= 4 is 24.6 Å². The van der Waals surface area contributed by atoms with Crippen LogP contribution in [0.15, 0.2) is 24.3 Å². The van der Waals surface area contributed by atoms with Crippen molar-refractivity contribution in [3.05, 3.63) is 35.4 Å². The van der Waals surface area contributed by atoms with E-state index in [1.807, 2.05) is 11.4 Å². The molecule has 4 amide bonds. The third-order valence-corrected chi connectivity index (χ3v) is 3.21. The van der Waals surface area contributed by atoms with Crippen LogP contribution in [0.4, 0.5) is 0 Å². The molecule has 0 aliphatic rings. The van der Waals surface area contributed by atoms with Gasteiger partial charge in [0.05, 0.1) is 0 Å². The molecule has 6 nitrogen and oxygen atoms in total. The van der Waals surface area contributed by atoms with E-state index in [0.29, 0.717) is 18.4 Å². The minimum atomic E-state index is -0.439. The predicted octanol–water partition coefficient (Wildman–Crippen LogP) is 1.03. The van der Waals surface area contributed by atoms with Crippen molar-refractivity contribution in [3.63, 3.8) is 0 Å². The SMILES string of the molecule is Cc1ccccc1C(=O)N(C=O)C(C)CCC(=O)NC=O. The summed E-state index contributed by atoms with van der Waals surface area (Å²) in [5, 5.41) is 2.02. The Bertz CT molecular complexity index is 542. The van der Waals surface area contributed by atoms with E-state index in [2.05, 4.69) is 0 Å². The topological polar surface area (TPSA) is 83.6 Å². The summed E-state index contributed by atoms with van der Waals surface area (Å²) >= 11 is 0. The fraction of sp³-hybridized carbons (Fsp3) is 0.333. The van der Waals surface area contributed by atoms with Gasteiger partial charge < -0.3 is 0 Å². The smallest absolute Gasteiger partial charge is 0.260 e. The van der Waals surface area contributed by atoms with E-state index in [1.165, 1.54) is 0 Å². The first-order chi connectivity index (χ1) is 10.0. The van der Waals surface area contributed by atoms with Gasteiger partial charge in [0.15, 0.2) is 0 Å². The van der Waals surface area contributed by atoms with E-state index in [4.69, 9.17) is 0 Å². The first kappa shape index (κ1) is 16.6. The number of nitrogens with zero attached hydrogens (tertiary/aromatic N) is 1. The molecular formula is C15H18N2O4. The van der Waals surface area contributed by atoms with Gasteiger partial charge in [0.1, 0.15) is 0 Å². The summed E-state index contributed by atoms with van der Waals surface area (Å²) in [6, 6.07) is 6.54. The number of amides is 4. The van der Waals surface area contributed by atoms with Crippen LogP contribution in [0.5, 0.6) is 0 Å². The molecule has 0 fully saturated rings. The second-order valence-corrected chi connectivity index (χ2v) is 4.71. The van der Waals surface area contributed by atoms with E-state index in [1.54, 1.807) is 32.0 Å². The molecule has 0 spiro atoms. The lowest BCUT2D eigenvalue weighted by molar-refractivity contribution is -0.126. The molecule has 0 aliphatic heterocycles. The van der Waals surface area contributed by atoms with E-state index >= 15 is 0 Å². The van der Waals surface area contributed by atoms with Gasteiger partial charge in [-0.25, -0.2) is 0 Å². The van der Waals surface area contributed by atoms with Gasteiger partial charge in [-0.3, -0.25) is 29.4 Å². The molecule has 1 atom stereocenters. The second-order valence-electron chi connectivity index (χ2n) is 4.71. The van der Waals surface area contributed by atoms with Crippen molar-refractivity contribution in [1.29, 1.82) is 0 Å². The van der Waals surface area contributed by atoms with E-state index < -0.39 is 17.9 Å². The lowest BCUT2D eigenvalue weighted by Gasteiger charge is -2.23. The number of imide groups is 2. The number of carbonyl (C=O) groups excluding carboxylic acids is 4. The van der Waals surface area contributed by atoms with Gasteiger partial charge in [-0.1, -0.05) is 18.2 Å². The molecule has 0 bridgehead atoms. The van der Waals surface area contributed by atoms with Gasteiger partial charge in [-0.15, -0.1) is 0 Å². The number of benzene rings is 1. The molecule has 0 aromatic heterocycles. The number of nitrogens with one attached hydrogen (secondary N) is 1. The van der Waals surface area contributed by atoms with Gasteiger partial charge >= 0.3 is 0 Å². The van der Waals surface area contributed by atoms with Gasteiger partial charge in [-0.2, -0.15) is 0 Å². The summed E-state index contributed by atoms with van der Waals surface area (Å²) < 4.78 is 0. The molecule has 6 heteroatoms. The molecule has 0 saturated heterocycles. The summed E-state index contributed by atoms with van der Waals surface area (Å²) in [5.41, 5.74) is 1.23. The Morgan fingerprint density at radius 2 is 1.95 bits per heavy atom. The Labute approximate surface area is 123 Å². The third kappa shape index (κ3) is 4.52. The number of hydrogen-bond donors (Lipinski definition) is 1. The number of carbonyl (C=O) groups is 4. The molecule has 21 heavy (non-hydrogen) atoms. The van der Waals surface area contributed by atoms with Crippen LogP contribution < -0.4 is 5.32 Å². The average Bonchev–Trinajstić information content (AvgIpc) is 2.46. The minimum absolute atomic E-state index is 0.0608. The van der Waals surface area contributed by atoms with Gasteiger partial charge in [0.25, 0.3) is 5.91 Å². The highest BCUT2D eigenvalue weighted by Crippen LogP contribution is 2.14. The molecule has 0 heterocycles. The Kier molecular flexibility index (Phi) is 6.26. The maximum atomic E-state index is 12.3. The predicted molar refractivity (Wildman–Crippen MR) is 76.3 cm³/mol. The maximum Gasteiger partial charge on any atom is 0.260 e. The fourth-order valence-electron chi connectivity index (χ4n) is 1.92. The van der Waals surface area contributed by atoms with Crippen molar-refractivity contribution in [3.8, 4) is 0 Å². The summed E-state index contributed by atoms with van der Waals surface area (Å²) in [7, 11) is 0. The summed E-state index contributed by atoms with van der Waals surface area (Å²) in [6.45, 7) is 3.47. The molecule has 0 aliphatic carbocycles. The number of aryl methyl sites for hydroxylation is 1. The highest BCUT2D eigenvalue weighted by atomic mass is 16.2. The molecule has 1 unspecified atom stereocenters.